The second kappa shape index (κ2) is 8.49. The van der Waals surface area contributed by atoms with Crippen molar-refractivity contribution in [2.24, 2.45) is 5.92 Å². The third-order valence-electron chi connectivity index (χ3n) is 4.79. The SMILES string of the molecule is COC(=O)c1ccccc1NC(=O)N1CCC(C(=O)c2ccccc2)CC1. The van der Waals surface area contributed by atoms with Gasteiger partial charge in [0, 0.05) is 24.6 Å². The molecule has 1 fully saturated rings. The van der Waals surface area contributed by atoms with Gasteiger partial charge in [-0.1, -0.05) is 42.5 Å². The molecule has 2 aromatic rings. The van der Waals surface area contributed by atoms with Crippen LogP contribution >= 0.6 is 0 Å². The lowest BCUT2D eigenvalue weighted by Gasteiger charge is -2.31. The molecule has 140 valence electrons. The van der Waals surface area contributed by atoms with E-state index in [1.54, 1.807) is 29.2 Å². The fourth-order valence-electron chi connectivity index (χ4n) is 3.26. The van der Waals surface area contributed by atoms with Crippen molar-refractivity contribution in [2.45, 2.75) is 12.8 Å². The van der Waals surface area contributed by atoms with Gasteiger partial charge in [-0.15, -0.1) is 0 Å². The predicted molar refractivity (Wildman–Crippen MR) is 102 cm³/mol. The molecule has 1 heterocycles. The molecule has 0 saturated carbocycles. The molecule has 0 aliphatic carbocycles. The summed E-state index contributed by atoms with van der Waals surface area (Å²) in [6.45, 7) is 0.991. The van der Waals surface area contributed by atoms with Crippen LogP contribution in [0.2, 0.25) is 0 Å². The zero-order valence-corrected chi connectivity index (χ0v) is 15.2. The summed E-state index contributed by atoms with van der Waals surface area (Å²) in [4.78, 5) is 38.6. The minimum atomic E-state index is -0.502. The molecule has 1 saturated heterocycles. The zero-order chi connectivity index (χ0) is 19.2. The maximum absolute atomic E-state index is 12.6. The number of methoxy groups -OCH3 is 1. The number of likely N-dealkylation sites (tertiary alicyclic amines) is 1. The zero-order valence-electron chi connectivity index (χ0n) is 15.2. The summed E-state index contributed by atoms with van der Waals surface area (Å²) in [7, 11) is 1.30. The van der Waals surface area contributed by atoms with E-state index in [1.165, 1.54) is 7.11 Å². The first-order valence-corrected chi connectivity index (χ1v) is 8.92. The number of nitrogens with zero attached hydrogens (tertiary/aromatic N) is 1. The van der Waals surface area contributed by atoms with Gasteiger partial charge < -0.3 is 15.0 Å². The number of rotatable bonds is 4. The lowest BCUT2D eigenvalue weighted by Crippen LogP contribution is -2.42. The van der Waals surface area contributed by atoms with Gasteiger partial charge in [0.15, 0.2) is 5.78 Å². The maximum Gasteiger partial charge on any atom is 0.339 e. The van der Waals surface area contributed by atoms with Gasteiger partial charge in [-0.05, 0) is 25.0 Å². The van der Waals surface area contributed by atoms with Gasteiger partial charge in [-0.2, -0.15) is 0 Å². The third-order valence-corrected chi connectivity index (χ3v) is 4.79. The molecular weight excluding hydrogens is 344 g/mol. The van der Waals surface area contributed by atoms with E-state index >= 15 is 0 Å². The maximum atomic E-state index is 12.6. The minimum absolute atomic E-state index is 0.0706. The van der Waals surface area contributed by atoms with E-state index in [2.05, 4.69) is 5.32 Å². The van der Waals surface area contributed by atoms with Crippen molar-refractivity contribution in [1.29, 1.82) is 0 Å². The molecule has 6 heteroatoms. The molecular formula is C21H22N2O4. The standard InChI is InChI=1S/C21H22N2O4/c1-27-20(25)17-9-5-6-10-18(17)22-21(26)23-13-11-16(12-14-23)19(24)15-7-3-2-4-8-15/h2-10,16H,11-14H2,1H3,(H,22,26). The van der Waals surface area contributed by atoms with Gasteiger partial charge in [0.25, 0.3) is 0 Å². The normalized spacial score (nSPS) is 14.5. The number of benzene rings is 2. The van der Waals surface area contributed by atoms with E-state index in [-0.39, 0.29) is 17.7 Å². The fraction of sp³-hybridized carbons (Fsp3) is 0.286. The van der Waals surface area contributed by atoms with E-state index in [0.717, 1.165) is 0 Å². The van der Waals surface area contributed by atoms with Gasteiger partial charge in [-0.25, -0.2) is 9.59 Å². The number of hydrogen-bond donors (Lipinski definition) is 1. The molecule has 27 heavy (non-hydrogen) atoms. The van der Waals surface area contributed by atoms with E-state index in [4.69, 9.17) is 4.74 Å². The van der Waals surface area contributed by atoms with E-state index in [9.17, 15) is 14.4 Å². The Morgan fingerprint density at radius 3 is 2.26 bits per heavy atom. The highest BCUT2D eigenvalue weighted by Crippen LogP contribution is 2.23. The van der Waals surface area contributed by atoms with Crippen molar-refractivity contribution in [3.05, 3.63) is 65.7 Å². The Kier molecular flexibility index (Phi) is 5.86. The van der Waals surface area contributed by atoms with Crippen LogP contribution in [0, 0.1) is 5.92 Å². The van der Waals surface area contributed by atoms with Crippen LogP contribution in [-0.2, 0) is 4.74 Å². The highest BCUT2D eigenvalue weighted by atomic mass is 16.5. The second-order valence-electron chi connectivity index (χ2n) is 6.46. The number of anilines is 1. The van der Waals surface area contributed by atoms with Crippen LogP contribution in [0.4, 0.5) is 10.5 Å². The molecule has 0 aromatic heterocycles. The molecule has 0 unspecified atom stereocenters. The average Bonchev–Trinajstić information content (AvgIpc) is 2.73. The number of nitrogens with one attached hydrogen (secondary N) is 1. The summed E-state index contributed by atoms with van der Waals surface area (Å²) >= 11 is 0. The van der Waals surface area contributed by atoms with Gasteiger partial charge in [0.2, 0.25) is 0 Å². The highest BCUT2D eigenvalue weighted by Gasteiger charge is 2.28. The quantitative estimate of drug-likeness (QED) is 0.663. The summed E-state index contributed by atoms with van der Waals surface area (Å²) in [5, 5.41) is 2.77. The number of carbonyl (C=O) groups excluding carboxylic acids is 3. The molecule has 1 aliphatic heterocycles. The van der Waals surface area contributed by atoms with E-state index in [1.807, 2.05) is 30.3 Å². The van der Waals surface area contributed by atoms with Crippen LogP contribution in [0.3, 0.4) is 0 Å². The lowest BCUT2D eigenvalue weighted by molar-refractivity contribution is 0.0601. The van der Waals surface area contributed by atoms with Crippen LogP contribution in [0.15, 0.2) is 54.6 Å². The number of amides is 2. The number of urea groups is 1. The molecule has 1 aliphatic rings. The van der Waals surface area contributed by atoms with Gasteiger partial charge >= 0.3 is 12.0 Å². The Hall–Kier alpha value is -3.15. The summed E-state index contributed by atoms with van der Waals surface area (Å²) < 4.78 is 4.75. The monoisotopic (exact) mass is 366 g/mol. The van der Waals surface area contributed by atoms with Crippen LogP contribution in [0.1, 0.15) is 33.6 Å². The summed E-state index contributed by atoms with van der Waals surface area (Å²) in [5.41, 5.74) is 1.44. The Morgan fingerprint density at radius 2 is 1.59 bits per heavy atom. The van der Waals surface area contributed by atoms with Crippen LogP contribution in [0.25, 0.3) is 0 Å². The summed E-state index contributed by atoms with van der Waals surface area (Å²) in [5.74, 6) is -0.441. The first kappa shape index (κ1) is 18.6. The number of hydrogen-bond acceptors (Lipinski definition) is 4. The van der Waals surface area contributed by atoms with E-state index < -0.39 is 5.97 Å². The predicted octanol–water partition coefficient (Wildman–Crippen LogP) is 3.60. The smallest absolute Gasteiger partial charge is 0.339 e. The molecule has 2 aromatic carbocycles. The Bertz CT molecular complexity index is 827. The first-order chi connectivity index (χ1) is 13.1. The number of Topliss-reactive ketones (excluding diaryl/α,β-unsaturated/α-hetero) is 1. The number of ketones is 1. The number of piperidine rings is 1. The van der Waals surface area contributed by atoms with Crippen LogP contribution in [0.5, 0.6) is 0 Å². The number of ether oxygens (including phenoxy) is 1. The van der Waals surface area contributed by atoms with Gasteiger partial charge in [-0.3, -0.25) is 4.79 Å². The molecule has 3 rings (SSSR count). The Morgan fingerprint density at radius 1 is 0.963 bits per heavy atom. The molecule has 0 atom stereocenters. The van der Waals surface area contributed by atoms with Crippen molar-refractivity contribution in [1.82, 2.24) is 4.90 Å². The number of para-hydroxylation sites is 1. The van der Waals surface area contributed by atoms with Crippen molar-refractivity contribution in [2.75, 3.05) is 25.5 Å². The molecule has 0 radical (unpaired) electrons. The van der Waals surface area contributed by atoms with E-state index in [0.29, 0.717) is 42.7 Å². The molecule has 1 N–H and O–H groups in total. The molecule has 0 bridgehead atoms. The topological polar surface area (TPSA) is 75.7 Å². The molecule has 2 amide bonds. The van der Waals surface area contributed by atoms with Crippen LogP contribution in [-0.4, -0.2) is 42.9 Å². The Labute approximate surface area is 158 Å². The molecule has 6 nitrogen and oxygen atoms in total. The number of esters is 1. The van der Waals surface area contributed by atoms with Crippen LogP contribution < -0.4 is 5.32 Å². The minimum Gasteiger partial charge on any atom is -0.465 e. The molecule has 0 spiro atoms. The average molecular weight is 366 g/mol. The first-order valence-electron chi connectivity index (χ1n) is 8.92. The summed E-state index contributed by atoms with van der Waals surface area (Å²) in [6.07, 6.45) is 1.25. The van der Waals surface area contributed by atoms with Gasteiger partial charge in [0.1, 0.15) is 0 Å². The third kappa shape index (κ3) is 4.34. The Balaban J connectivity index is 1.60. The van der Waals surface area contributed by atoms with Crippen molar-refractivity contribution >= 4 is 23.5 Å². The lowest BCUT2D eigenvalue weighted by atomic mass is 9.89. The van der Waals surface area contributed by atoms with Gasteiger partial charge in [0.05, 0.1) is 18.4 Å². The van der Waals surface area contributed by atoms with Crippen molar-refractivity contribution in [3.8, 4) is 0 Å². The highest BCUT2D eigenvalue weighted by molar-refractivity contribution is 6.01. The number of carbonyl (C=O) groups is 3. The second-order valence-corrected chi connectivity index (χ2v) is 6.46. The largest absolute Gasteiger partial charge is 0.465 e. The fourth-order valence-corrected chi connectivity index (χ4v) is 3.26. The summed E-state index contributed by atoms with van der Waals surface area (Å²) in [6, 6.07) is 15.7. The van der Waals surface area contributed by atoms with Crippen molar-refractivity contribution in [3.63, 3.8) is 0 Å². The van der Waals surface area contributed by atoms with Crippen molar-refractivity contribution < 1.29 is 19.1 Å².